The average Bonchev–Trinajstić information content (AvgIpc) is 2.91. The molecular weight excluding hydrogens is 282 g/mol. The van der Waals surface area contributed by atoms with Crippen LogP contribution in [0.5, 0.6) is 11.5 Å². The minimum Gasteiger partial charge on any atom is -0.507 e. The van der Waals surface area contributed by atoms with E-state index in [0.717, 1.165) is 0 Å². The highest BCUT2D eigenvalue weighted by atomic mass is 16.6. The molecule has 0 saturated heterocycles. The predicted molar refractivity (Wildman–Crippen MR) is 81.7 cm³/mol. The molecule has 0 unspecified atom stereocenters. The van der Waals surface area contributed by atoms with Gasteiger partial charge in [-0.1, -0.05) is 18.2 Å². The van der Waals surface area contributed by atoms with E-state index in [0.29, 0.717) is 16.9 Å². The molecule has 2 aromatic carbocycles. The van der Waals surface area contributed by atoms with E-state index in [1.807, 2.05) is 0 Å². The number of carbonyl (C=O) groups excluding carboxylic acids is 1. The van der Waals surface area contributed by atoms with Crippen molar-refractivity contribution in [2.45, 2.75) is 0 Å². The van der Waals surface area contributed by atoms with E-state index in [-0.39, 0.29) is 17.3 Å². The highest BCUT2D eigenvalue weighted by Gasteiger charge is 2.24. The number of rotatable bonds is 3. The molecule has 0 aromatic heterocycles. The SMILES string of the molecule is COc1ccc(C2=NC(=Cc3ccccc3O)C(=O)O2)cc1. The summed E-state index contributed by atoms with van der Waals surface area (Å²) in [5.41, 5.74) is 1.33. The molecule has 5 heteroatoms. The summed E-state index contributed by atoms with van der Waals surface area (Å²) in [4.78, 5) is 16.1. The van der Waals surface area contributed by atoms with Crippen molar-refractivity contribution < 1.29 is 19.4 Å². The summed E-state index contributed by atoms with van der Waals surface area (Å²) in [7, 11) is 1.58. The van der Waals surface area contributed by atoms with E-state index in [1.165, 1.54) is 6.08 Å². The number of aliphatic imine (C=N–C) groups is 1. The predicted octanol–water partition coefficient (Wildman–Crippen LogP) is 2.75. The molecule has 1 aliphatic heterocycles. The molecule has 3 rings (SSSR count). The van der Waals surface area contributed by atoms with Crippen molar-refractivity contribution in [2.75, 3.05) is 7.11 Å². The van der Waals surface area contributed by atoms with Crippen LogP contribution in [0.4, 0.5) is 0 Å². The number of hydrogen-bond acceptors (Lipinski definition) is 5. The van der Waals surface area contributed by atoms with Gasteiger partial charge in [0, 0.05) is 11.1 Å². The summed E-state index contributed by atoms with van der Waals surface area (Å²) in [6, 6.07) is 13.7. The second kappa shape index (κ2) is 5.73. The van der Waals surface area contributed by atoms with Crippen LogP contribution in [0.25, 0.3) is 6.08 Å². The van der Waals surface area contributed by atoms with Gasteiger partial charge in [-0.2, -0.15) is 0 Å². The van der Waals surface area contributed by atoms with Crippen LogP contribution in [0.2, 0.25) is 0 Å². The Morgan fingerprint density at radius 2 is 1.86 bits per heavy atom. The van der Waals surface area contributed by atoms with Gasteiger partial charge >= 0.3 is 5.97 Å². The molecule has 0 spiro atoms. The van der Waals surface area contributed by atoms with Crippen LogP contribution in [0.15, 0.2) is 59.2 Å². The topological polar surface area (TPSA) is 68.1 Å². The summed E-state index contributed by atoms with van der Waals surface area (Å²) in [5, 5.41) is 9.74. The molecule has 0 atom stereocenters. The Morgan fingerprint density at radius 3 is 2.55 bits per heavy atom. The number of cyclic esters (lactones) is 1. The summed E-state index contributed by atoms with van der Waals surface area (Å²) >= 11 is 0. The highest BCUT2D eigenvalue weighted by molar-refractivity contribution is 6.12. The van der Waals surface area contributed by atoms with Crippen molar-refractivity contribution in [3.05, 3.63) is 65.4 Å². The van der Waals surface area contributed by atoms with E-state index in [9.17, 15) is 9.90 Å². The number of carbonyl (C=O) groups is 1. The number of hydrogen-bond donors (Lipinski definition) is 1. The van der Waals surface area contributed by atoms with Crippen LogP contribution >= 0.6 is 0 Å². The molecule has 0 saturated carbocycles. The van der Waals surface area contributed by atoms with Crippen LogP contribution in [0.3, 0.4) is 0 Å². The van der Waals surface area contributed by atoms with Crippen molar-refractivity contribution >= 4 is 17.9 Å². The van der Waals surface area contributed by atoms with E-state index in [4.69, 9.17) is 9.47 Å². The number of phenols is 1. The van der Waals surface area contributed by atoms with Gasteiger partial charge in [0.15, 0.2) is 5.70 Å². The fraction of sp³-hybridized carbons (Fsp3) is 0.0588. The first-order valence-electron chi connectivity index (χ1n) is 6.62. The molecule has 0 fully saturated rings. The number of benzene rings is 2. The molecule has 0 radical (unpaired) electrons. The van der Waals surface area contributed by atoms with Gasteiger partial charge in [-0.25, -0.2) is 9.79 Å². The monoisotopic (exact) mass is 295 g/mol. The summed E-state index contributed by atoms with van der Waals surface area (Å²) in [6.07, 6.45) is 1.49. The fourth-order valence-electron chi connectivity index (χ4n) is 2.02. The molecular formula is C17H13NO4. The number of ether oxygens (including phenoxy) is 2. The minimum atomic E-state index is -0.547. The zero-order chi connectivity index (χ0) is 15.5. The maximum atomic E-state index is 11.9. The fourth-order valence-corrected chi connectivity index (χ4v) is 2.02. The Hall–Kier alpha value is -3.08. The van der Waals surface area contributed by atoms with Crippen LogP contribution in [-0.2, 0) is 9.53 Å². The van der Waals surface area contributed by atoms with Gasteiger partial charge in [-0.3, -0.25) is 0 Å². The Morgan fingerprint density at radius 1 is 1.14 bits per heavy atom. The van der Waals surface area contributed by atoms with Crippen LogP contribution < -0.4 is 4.74 Å². The zero-order valence-corrected chi connectivity index (χ0v) is 11.8. The van der Waals surface area contributed by atoms with E-state index < -0.39 is 5.97 Å². The third kappa shape index (κ3) is 2.69. The minimum absolute atomic E-state index is 0.0795. The summed E-state index contributed by atoms with van der Waals surface area (Å²) in [6.45, 7) is 0. The first kappa shape index (κ1) is 13.9. The maximum absolute atomic E-state index is 11.9. The number of aromatic hydroxyl groups is 1. The number of para-hydroxylation sites is 1. The van der Waals surface area contributed by atoms with Crippen molar-refractivity contribution in [2.24, 2.45) is 4.99 Å². The lowest BCUT2D eigenvalue weighted by Crippen LogP contribution is -2.05. The zero-order valence-electron chi connectivity index (χ0n) is 11.8. The largest absolute Gasteiger partial charge is 0.507 e. The van der Waals surface area contributed by atoms with Crippen LogP contribution in [0, 0.1) is 0 Å². The second-order valence-electron chi connectivity index (χ2n) is 4.62. The van der Waals surface area contributed by atoms with Gasteiger partial charge in [0.1, 0.15) is 11.5 Å². The Balaban J connectivity index is 1.92. The first-order chi connectivity index (χ1) is 10.7. The van der Waals surface area contributed by atoms with Gasteiger partial charge in [-0.15, -0.1) is 0 Å². The molecule has 1 heterocycles. The van der Waals surface area contributed by atoms with Crippen molar-refractivity contribution in [1.82, 2.24) is 0 Å². The third-order valence-corrected chi connectivity index (χ3v) is 3.19. The molecule has 1 aliphatic rings. The number of nitrogens with zero attached hydrogens (tertiary/aromatic N) is 1. The Bertz CT molecular complexity index is 776. The number of phenolic OH excluding ortho intramolecular Hbond substituents is 1. The Labute approximate surface area is 127 Å². The highest BCUT2D eigenvalue weighted by Crippen LogP contribution is 2.24. The van der Waals surface area contributed by atoms with Crippen molar-refractivity contribution in [3.8, 4) is 11.5 Å². The number of esters is 1. The molecule has 0 aliphatic carbocycles. The van der Waals surface area contributed by atoms with Gasteiger partial charge in [0.25, 0.3) is 0 Å². The standard InChI is InChI=1S/C17H13NO4/c1-21-13-8-6-11(7-9-13)16-18-14(17(20)22-16)10-12-4-2-3-5-15(12)19/h2-10,19H,1H3. The third-order valence-electron chi connectivity index (χ3n) is 3.19. The summed E-state index contributed by atoms with van der Waals surface area (Å²) < 4.78 is 10.2. The molecule has 0 amide bonds. The molecule has 0 bridgehead atoms. The van der Waals surface area contributed by atoms with Crippen LogP contribution in [-0.4, -0.2) is 24.1 Å². The quantitative estimate of drug-likeness (QED) is 0.698. The lowest BCUT2D eigenvalue weighted by Gasteiger charge is -2.01. The lowest BCUT2D eigenvalue weighted by atomic mass is 10.1. The first-order valence-corrected chi connectivity index (χ1v) is 6.62. The molecule has 1 N–H and O–H groups in total. The molecule has 110 valence electrons. The lowest BCUT2D eigenvalue weighted by molar-refractivity contribution is -0.129. The maximum Gasteiger partial charge on any atom is 0.363 e. The van der Waals surface area contributed by atoms with Gasteiger partial charge in [0.2, 0.25) is 5.90 Å². The molecule has 2 aromatic rings. The second-order valence-corrected chi connectivity index (χ2v) is 4.62. The molecule has 5 nitrogen and oxygen atoms in total. The number of methoxy groups -OCH3 is 1. The van der Waals surface area contributed by atoms with Crippen LogP contribution in [0.1, 0.15) is 11.1 Å². The molecule has 22 heavy (non-hydrogen) atoms. The van der Waals surface area contributed by atoms with Crippen molar-refractivity contribution in [3.63, 3.8) is 0 Å². The Kier molecular flexibility index (Phi) is 3.62. The van der Waals surface area contributed by atoms with Gasteiger partial charge < -0.3 is 14.6 Å². The van der Waals surface area contributed by atoms with E-state index in [2.05, 4.69) is 4.99 Å². The smallest absolute Gasteiger partial charge is 0.363 e. The average molecular weight is 295 g/mol. The summed E-state index contributed by atoms with van der Waals surface area (Å²) in [5.74, 6) is 0.470. The van der Waals surface area contributed by atoms with Crippen molar-refractivity contribution in [1.29, 1.82) is 0 Å². The van der Waals surface area contributed by atoms with Gasteiger partial charge in [-0.05, 0) is 36.4 Å². The van der Waals surface area contributed by atoms with E-state index in [1.54, 1.807) is 55.6 Å². The normalized spacial score (nSPS) is 15.6. The van der Waals surface area contributed by atoms with E-state index >= 15 is 0 Å². The van der Waals surface area contributed by atoms with Gasteiger partial charge in [0.05, 0.1) is 7.11 Å².